The van der Waals surface area contributed by atoms with E-state index in [0.717, 1.165) is 30.3 Å². The first-order valence-corrected chi connectivity index (χ1v) is 8.89. The first kappa shape index (κ1) is 16.5. The van der Waals surface area contributed by atoms with Gasteiger partial charge in [0.05, 0.1) is 17.6 Å². The number of aryl methyl sites for hydroxylation is 3. The largest absolute Gasteiger partial charge is 0.357 e. The molecule has 0 aromatic carbocycles. The van der Waals surface area contributed by atoms with Crippen LogP contribution in [0.3, 0.4) is 0 Å². The Labute approximate surface area is 152 Å². The van der Waals surface area contributed by atoms with Crippen LogP contribution in [0, 0.1) is 20.8 Å². The number of hydrogen-bond donors (Lipinski definition) is 1. The maximum absolute atomic E-state index is 12.8. The molecule has 0 unspecified atom stereocenters. The average molecular weight is 350 g/mol. The monoisotopic (exact) mass is 350 g/mol. The van der Waals surface area contributed by atoms with Crippen molar-refractivity contribution in [3.05, 3.63) is 47.0 Å². The zero-order valence-electron chi connectivity index (χ0n) is 15.3. The van der Waals surface area contributed by atoms with Crippen molar-refractivity contribution in [1.29, 1.82) is 0 Å². The summed E-state index contributed by atoms with van der Waals surface area (Å²) in [5.41, 5.74) is 4.22. The standard InChI is InChI=1S/C19H22N6O/c1-12-10-13(2)25-18(21-12)17(14(3)23-25)19(26)22-15-6-7-16(20-11-15)24-8-4-5-9-24/h6-7,10-11H,4-5,8-9H2,1-3H3,(H,22,26). The SMILES string of the molecule is Cc1cc(C)n2nc(C)c(C(=O)Nc3ccc(N4CCCC4)nc3)c2n1. The summed E-state index contributed by atoms with van der Waals surface area (Å²) in [5.74, 6) is 0.742. The minimum atomic E-state index is -0.217. The lowest BCUT2D eigenvalue weighted by Crippen LogP contribution is -2.19. The molecule has 134 valence electrons. The fraction of sp³-hybridized carbons (Fsp3) is 0.368. The molecule has 0 bridgehead atoms. The van der Waals surface area contributed by atoms with Crippen LogP contribution in [0.25, 0.3) is 5.65 Å². The van der Waals surface area contributed by atoms with Crippen molar-refractivity contribution in [2.24, 2.45) is 0 Å². The highest BCUT2D eigenvalue weighted by Crippen LogP contribution is 2.21. The van der Waals surface area contributed by atoms with Gasteiger partial charge in [0.25, 0.3) is 5.91 Å². The Hall–Kier alpha value is -2.96. The van der Waals surface area contributed by atoms with Gasteiger partial charge in [0.1, 0.15) is 11.4 Å². The highest BCUT2D eigenvalue weighted by atomic mass is 16.1. The first-order chi connectivity index (χ1) is 12.5. The molecule has 3 aromatic heterocycles. The molecule has 4 heterocycles. The summed E-state index contributed by atoms with van der Waals surface area (Å²) in [4.78, 5) is 24.1. The van der Waals surface area contributed by atoms with Gasteiger partial charge in [0.2, 0.25) is 0 Å². The smallest absolute Gasteiger partial charge is 0.261 e. The minimum absolute atomic E-state index is 0.217. The van der Waals surface area contributed by atoms with Gasteiger partial charge in [-0.2, -0.15) is 5.10 Å². The number of carbonyl (C=O) groups is 1. The van der Waals surface area contributed by atoms with Gasteiger partial charge in [-0.1, -0.05) is 0 Å². The van der Waals surface area contributed by atoms with Gasteiger partial charge in [-0.15, -0.1) is 0 Å². The molecule has 0 spiro atoms. The van der Waals surface area contributed by atoms with E-state index in [9.17, 15) is 4.79 Å². The number of hydrogen-bond acceptors (Lipinski definition) is 5. The van der Waals surface area contributed by atoms with Crippen LogP contribution < -0.4 is 10.2 Å². The summed E-state index contributed by atoms with van der Waals surface area (Å²) in [5, 5.41) is 7.37. The number of nitrogens with one attached hydrogen (secondary N) is 1. The number of nitrogens with zero attached hydrogens (tertiary/aromatic N) is 5. The molecule has 7 nitrogen and oxygen atoms in total. The van der Waals surface area contributed by atoms with Gasteiger partial charge in [-0.3, -0.25) is 4.79 Å². The normalized spacial score (nSPS) is 14.2. The molecule has 7 heteroatoms. The van der Waals surface area contributed by atoms with Crippen LogP contribution in [-0.2, 0) is 0 Å². The molecule has 4 rings (SSSR count). The van der Waals surface area contributed by atoms with Gasteiger partial charge in [-0.05, 0) is 51.8 Å². The molecule has 0 radical (unpaired) electrons. The number of aromatic nitrogens is 4. The summed E-state index contributed by atoms with van der Waals surface area (Å²) in [6.07, 6.45) is 4.12. The molecule has 1 saturated heterocycles. The predicted molar refractivity (Wildman–Crippen MR) is 101 cm³/mol. The molecule has 0 atom stereocenters. The Morgan fingerprint density at radius 1 is 1.15 bits per heavy atom. The molecule has 1 amide bonds. The van der Waals surface area contributed by atoms with E-state index in [0.29, 0.717) is 22.6 Å². The zero-order valence-corrected chi connectivity index (χ0v) is 15.3. The fourth-order valence-corrected chi connectivity index (χ4v) is 3.48. The number of carbonyl (C=O) groups excluding carboxylic acids is 1. The lowest BCUT2D eigenvalue weighted by Gasteiger charge is -2.16. The molecule has 1 aliphatic rings. The van der Waals surface area contributed by atoms with E-state index in [4.69, 9.17) is 0 Å². The third-order valence-corrected chi connectivity index (χ3v) is 4.73. The molecule has 0 aliphatic carbocycles. The zero-order chi connectivity index (χ0) is 18.3. The van der Waals surface area contributed by atoms with Crippen molar-refractivity contribution in [2.75, 3.05) is 23.3 Å². The topological polar surface area (TPSA) is 75.4 Å². The van der Waals surface area contributed by atoms with Crippen LogP contribution in [0.15, 0.2) is 24.4 Å². The summed E-state index contributed by atoms with van der Waals surface area (Å²) < 4.78 is 1.71. The number of rotatable bonds is 3. The van der Waals surface area contributed by atoms with Crippen molar-refractivity contribution in [3.63, 3.8) is 0 Å². The van der Waals surface area contributed by atoms with E-state index >= 15 is 0 Å². The van der Waals surface area contributed by atoms with Crippen LogP contribution in [0.2, 0.25) is 0 Å². The van der Waals surface area contributed by atoms with E-state index < -0.39 is 0 Å². The second-order valence-corrected chi connectivity index (χ2v) is 6.79. The molecule has 0 saturated carbocycles. The minimum Gasteiger partial charge on any atom is -0.357 e. The lowest BCUT2D eigenvalue weighted by molar-refractivity contribution is 0.102. The van der Waals surface area contributed by atoms with Gasteiger partial charge in [0, 0.05) is 24.5 Å². The number of amides is 1. The van der Waals surface area contributed by atoms with Crippen LogP contribution in [0.5, 0.6) is 0 Å². The fourth-order valence-electron chi connectivity index (χ4n) is 3.48. The highest BCUT2D eigenvalue weighted by molar-refractivity contribution is 6.09. The highest BCUT2D eigenvalue weighted by Gasteiger charge is 2.20. The van der Waals surface area contributed by atoms with Gasteiger partial charge < -0.3 is 10.2 Å². The Kier molecular flexibility index (Phi) is 4.06. The quantitative estimate of drug-likeness (QED) is 0.786. The van der Waals surface area contributed by atoms with Crippen LogP contribution in [-0.4, -0.2) is 38.6 Å². The van der Waals surface area contributed by atoms with Crippen molar-refractivity contribution in [3.8, 4) is 0 Å². The van der Waals surface area contributed by atoms with Gasteiger partial charge >= 0.3 is 0 Å². The third-order valence-electron chi connectivity index (χ3n) is 4.73. The van der Waals surface area contributed by atoms with E-state index in [1.165, 1.54) is 12.8 Å². The average Bonchev–Trinajstić information content (AvgIpc) is 3.23. The number of anilines is 2. The van der Waals surface area contributed by atoms with Gasteiger partial charge in [0.15, 0.2) is 5.65 Å². The van der Waals surface area contributed by atoms with Crippen LogP contribution >= 0.6 is 0 Å². The molecule has 3 aromatic rings. The molecular formula is C19H22N6O. The van der Waals surface area contributed by atoms with Crippen LogP contribution in [0.4, 0.5) is 11.5 Å². The summed E-state index contributed by atoms with van der Waals surface area (Å²) in [6.45, 7) is 7.79. The van der Waals surface area contributed by atoms with E-state index in [2.05, 4.69) is 25.3 Å². The lowest BCUT2D eigenvalue weighted by atomic mass is 10.2. The maximum atomic E-state index is 12.8. The second-order valence-electron chi connectivity index (χ2n) is 6.79. The third kappa shape index (κ3) is 2.89. The van der Waals surface area contributed by atoms with E-state index in [1.54, 1.807) is 10.7 Å². The van der Waals surface area contributed by atoms with Crippen molar-refractivity contribution >= 4 is 23.1 Å². The maximum Gasteiger partial charge on any atom is 0.261 e. The Bertz CT molecular complexity index is 970. The molecule has 26 heavy (non-hydrogen) atoms. The number of fused-ring (bicyclic) bond motifs is 1. The van der Waals surface area contributed by atoms with Crippen molar-refractivity contribution in [2.45, 2.75) is 33.6 Å². The molecule has 1 N–H and O–H groups in total. The Balaban J connectivity index is 1.60. The second kappa shape index (κ2) is 6.40. The molecule has 1 fully saturated rings. The first-order valence-electron chi connectivity index (χ1n) is 8.89. The Morgan fingerprint density at radius 3 is 2.62 bits per heavy atom. The van der Waals surface area contributed by atoms with Crippen LogP contribution in [0.1, 0.15) is 40.3 Å². The van der Waals surface area contributed by atoms with E-state index in [-0.39, 0.29) is 5.91 Å². The summed E-state index contributed by atoms with van der Waals surface area (Å²) >= 11 is 0. The predicted octanol–water partition coefficient (Wildman–Crippen LogP) is 2.90. The summed E-state index contributed by atoms with van der Waals surface area (Å²) in [6, 6.07) is 5.79. The van der Waals surface area contributed by atoms with Crippen molar-refractivity contribution < 1.29 is 4.79 Å². The summed E-state index contributed by atoms with van der Waals surface area (Å²) in [7, 11) is 0. The van der Waals surface area contributed by atoms with Gasteiger partial charge in [-0.25, -0.2) is 14.5 Å². The van der Waals surface area contributed by atoms with E-state index in [1.807, 2.05) is 39.0 Å². The Morgan fingerprint density at radius 2 is 1.92 bits per heavy atom. The number of pyridine rings is 1. The molecular weight excluding hydrogens is 328 g/mol. The molecule has 1 aliphatic heterocycles. The van der Waals surface area contributed by atoms with Crippen molar-refractivity contribution in [1.82, 2.24) is 19.6 Å².